The summed E-state index contributed by atoms with van der Waals surface area (Å²) in [6.07, 6.45) is 16.5. The molecule has 4 bridgehead atoms. The Morgan fingerprint density at radius 3 is 1.81 bits per heavy atom. The van der Waals surface area contributed by atoms with E-state index >= 15 is 0 Å². The predicted molar refractivity (Wildman–Crippen MR) is 147 cm³/mol. The summed E-state index contributed by atoms with van der Waals surface area (Å²) in [6, 6.07) is 0. The summed E-state index contributed by atoms with van der Waals surface area (Å²) in [4.78, 5) is 32.9. The Kier molecular flexibility index (Phi) is 5.87. The van der Waals surface area contributed by atoms with Crippen molar-refractivity contribution in [2.24, 2.45) is 45.5 Å². The van der Waals surface area contributed by atoms with Crippen molar-refractivity contribution in [1.82, 2.24) is 0 Å². The second-order valence-electron chi connectivity index (χ2n) is 13.5. The molecule has 8 aliphatic rings. The number of nitrogens with zero attached hydrogens (tertiary/aromatic N) is 2. The van der Waals surface area contributed by atoms with Crippen LogP contribution < -0.4 is 0 Å². The van der Waals surface area contributed by atoms with Crippen LogP contribution in [0.3, 0.4) is 0 Å². The lowest BCUT2D eigenvalue weighted by molar-refractivity contribution is -0.123. The molecule has 7 heteroatoms. The summed E-state index contributed by atoms with van der Waals surface area (Å²) < 4.78 is 5.32. The van der Waals surface area contributed by atoms with E-state index < -0.39 is 4.75 Å². The van der Waals surface area contributed by atoms with E-state index in [9.17, 15) is 9.59 Å². The number of ether oxygens (including phenoxy) is 1. The Hall–Kier alpha value is -0.660. The van der Waals surface area contributed by atoms with Gasteiger partial charge in [-0.3, -0.25) is 9.59 Å². The van der Waals surface area contributed by atoms with Crippen LogP contribution in [0.1, 0.15) is 97.3 Å². The second kappa shape index (κ2) is 8.67. The van der Waals surface area contributed by atoms with Crippen LogP contribution >= 0.6 is 23.5 Å². The highest BCUT2D eigenvalue weighted by molar-refractivity contribution is 8.16. The summed E-state index contributed by atoms with van der Waals surface area (Å²) in [6.45, 7) is 4.77. The summed E-state index contributed by atoms with van der Waals surface area (Å²) in [5.41, 5.74) is -0.380. The van der Waals surface area contributed by atoms with Crippen molar-refractivity contribution in [3.05, 3.63) is 0 Å². The molecule has 196 valence electrons. The van der Waals surface area contributed by atoms with Gasteiger partial charge in [-0.15, -0.1) is 0 Å². The smallest absolute Gasteiger partial charge is 0.266 e. The van der Waals surface area contributed by atoms with Gasteiger partial charge in [-0.25, -0.2) is 9.98 Å². The van der Waals surface area contributed by atoms with Gasteiger partial charge < -0.3 is 4.74 Å². The molecule has 2 amide bonds. The maximum absolute atomic E-state index is 12.5. The fourth-order valence-corrected chi connectivity index (χ4v) is 11.5. The molecule has 0 aromatic heterocycles. The van der Waals surface area contributed by atoms with Crippen LogP contribution in [0.4, 0.5) is 0 Å². The van der Waals surface area contributed by atoms with Crippen molar-refractivity contribution < 1.29 is 14.3 Å². The summed E-state index contributed by atoms with van der Waals surface area (Å²) in [7, 11) is 0. The van der Waals surface area contributed by atoms with Crippen LogP contribution in [0.5, 0.6) is 0 Å². The molecule has 8 rings (SSSR count). The fraction of sp³-hybridized carbons (Fsp3) is 0.862. The van der Waals surface area contributed by atoms with Gasteiger partial charge >= 0.3 is 0 Å². The molecule has 7 atom stereocenters. The van der Waals surface area contributed by atoms with Crippen molar-refractivity contribution in [3.8, 4) is 0 Å². The topological polar surface area (TPSA) is 68.1 Å². The van der Waals surface area contributed by atoms with E-state index in [2.05, 4.69) is 9.98 Å². The van der Waals surface area contributed by atoms with Crippen LogP contribution in [-0.2, 0) is 14.3 Å². The van der Waals surface area contributed by atoms with E-state index in [-0.39, 0.29) is 22.2 Å². The zero-order valence-electron chi connectivity index (χ0n) is 21.8. The summed E-state index contributed by atoms with van der Waals surface area (Å²) >= 11 is 3.53. The molecule has 1 saturated heterocycles. The van der Waals surface area contributed by atoms with Gasteiger partial charge in [-0.05, 0) is 120 Å². The van der Waals surface area contributed by atoms with Crippen molar-refractivity contribution in [2.45, 2.75) is 112 Å². The molecular formula is C29H40N2O3S2. The molecule has 5 nitrogen and oxygen atoms in total. The molecule has 36 heavy (non-hydrogen) atoms. The Labute approximate surface area is 223 Å². The Bertz CT molecular complexity index is 1030. The molecule has 3 heterocycles. The molecule has 0 N–H and O–H groups in total. The third-order valence-electron chi connectivity index (χ3n) is 11.0. The number of carbonyl (C=O) groups excluding carboxylic acids is 2. The number of hydrogen-bond donors (Lipinski definition) is 0. The van der Waals surface area contributed by atoms with Gasteiger partial charge in [0, 0.05) is 6.61 Å². The molecule has 0 aromatic carbocycles. The number of amides is 2. The van der Waals surface area contributed by atoms with Crippen LogP contribution in [0.15, 0.2) is 9.98 Å². The highest BCUT2D eigenvalue weighted by Crippen LogP contribution is 2.57. The van der Waals surface area contributed by atoms with Gasteiger partial charge in [0.15, 0.2) is 0 Å². The molecule has 1 unspecified atom stereocenters. The standard InChI is InChI=1S/C16H23NO2S.C13H17NOS/c1-15(2)16(5-6-19-15)14(18)17-13(20-16)9-12-8-10-3-4-11(12)7-10;15-12-13(3-4-13)16-11(14-12)7-10-6-8-1-2-9(10)5-8/h10-12H,3-9H2,1-2H3;8-10H,1-7H2/t10-,11+,12-,16?;8-,9+,10-/m11/s1. The first kappa shape index (κ1) is 24.4. The lowest BCUT2D eigenvalue weighted by atomic mass is 9.87. The molecular weight excluding hydrogens is 488 g/mol. The van der Waals surface area contributed by atoms with E-state index in [0.717, 1.165) is 72.7 Å². The fourth-order valence-electron chi connectivity index (χ4n) is 8.69. The first-order valence-corrected chi connectivity index (χ1v) is 16.1. The average molecular weight is 529 g/mol. The van der Waals surface area contributed by atoms with E-state index in [0.29, 0.717) is 6.61 Å². The molecule has 3 aliphatic heterocycles. The SMILES string of the molecule is CC1(C)OCCC12SC(C[C@H]1C[C@@H]3CC[C@H]1C3)=NC2=O.O=C1N=C(C[C@H]2C[C@@H]3CC[C@H]2C3)SC12CC2. The second-order valence-corrected chi connectivity index (χ2v) is 16.4. The normalized spacial score (nSPS) is 44.5. The molecule has 5 aliphatic carbocycles. The van der Waals surface area contributed by atoms with Crippen molar-refractivity contribution in [2.75, 3.05) is 6.61 Å². The third-order valence-corrected chi connectivity index (χ3v) is 14.2. The Morgan fingerprint density at radius 1 is 0.778 bits per heavy atom. The van der Waals surface area contributed by atoms with E-state index in [4.69, 9.17) is 4.74 Å². The van der Waals surface area contributed by atoms with Crippen molar-refractivity contribution in [1.29, 1.82) is 0 Å². The number of aliphatic imine (C=N–C) groups is 2. The minimum absolute atomic E-state index is 0.0487. The minimum atomic E-state index is -0.431. The van der Waals surface area contributed by atoms with Crippen molar-refractivity contribution in [3.63, 3.8) is 0 Å². The molecule has 5 saturated carbocycles. The molecule has 6 fully saturated rings. The zero-order valence-corrected chi connectivity index (χ0v) is 23.4. The Morgan fingerprint density at radius 2 is 1.36 bits per heavy atom. The number of hydrogen-bond acceptors (Lipinski definition) is 5. The number of thioether (sulfide) groups is 2. The highest BCUT2D eigenvalue weighted by Gasteiger charge is 2.60. The van der Waals surface area contributed by atoms with Crippen LogP contribution in [0.2, 0.25) is 0 Å². The monoisotopic (exact) mass is 528 g/mol. The van der Waals surface area contributed by atoms with Gasteiger partial charge in [0.05, 0.1) is 15.7 Å². The zero-order chi connectivity index (χ0) is 24.7. The van der Waals surface area contributed by atoms with E-state index in [1.54, 1.807) is 23.5 Å². The maximum atomic E-state index is 12.5. The highest BCUT2D eigenvalue weighted by atomic mass is 32.2. The van der Waals surface area contributed by atoms with Gasteiger partial charge in [-0.1, -0.05) is 36.4 Å². The van der Waals surface area contributed by atoms with E-state index in [1.165, 1.54) is 56.4 Å². The van der Waals surface area contributed by atoms with Crippen molar-refractivity contribution >= 4 is 45.4 Å². The maximum Gasteiger partial charge on any atom is 0.266 e. The van der Waals surface area contributed by atoms with Crippen LogP contribution in [0.25, 0.3) is 0 Å². The molecule has 0 radical (unpaired) electrons. The number of carbonyl (C=O) groups is 2. The minimum Gasteiger partial charge on any atom is -0.373 e. The predicted octanol–water partition coefficient (Wildman–Crippen LogP) is 6.44. The summed E-state index contributed by atoms with van der Waals surface area (Å²) in [5.74, 6) is 5.71. The molecule has 2 spiro atoms. The van der Waals surface area contributed by atoms with Gasteiger partial charge in [-0.2, -0.15) is 0 Å². The quantitative estimate of drug-likeness (QED) is 0.420. The van der Waals surface area contributed by atoms with Gasteiger partial charge in [0.1, 0.15) is 9.49 Å². The summed E-state index contributed by atoms with van der Waals surface area (Å²) in [5, 5.41) is 2.26. The van der Waals surface area contributed by atoms with Crippen LogP contribution in [0, 0.1) is 35.5 Å². The van der Waals surface area contributed by atoms with E-state index in [1.807, 2.05) is 13.8 Å². The van der Waals surface area contributed by atoms with Gasteiger partial charge in [0.2, 0.25) is 0 Å². The lowest BCUT2D eigenvalue weighted by Gasteiger charge is -2.33. The number of rotatable bonds is 4. The largest absolute Gasteiger partial charge is 0.373 e. The lowest BCUT2D eigenvalue weighted by Crippen LogP contribution is -2.47. The first-order chi connectivity index (χ1) is 17.3. The Balaban J connectivity index is 0.000000125. The van der Waals surface area contributed by atoms with Gasteiger partial charge in [0.25, 0.3) is 11.8 Å². The average Bonchev–Trinajstić information content (AvgIpc) is 3.49. The van der Waals surface area contributed by atoms with Crippen LogP contribution in [-0.4, -0.2) is 43.6 Å². The number of fused-ring (bicyclic) bond motifs is 4. The third kappa shape index (κ3) is 4.00. The molecule has 0 aromatic rings. The first-order valence-electron chi connectivity index (χ1n) is 14.5.